The fourth-order valence-electron chi connectivity index (χ4n) is 1.59. The van der Waals surface area contributed by atoms with Crippen LogP contribution in [-0.2, 0) is 0 Å². The lowest BCUT2D eigenvalue weighted by Crippen LogP contribution is -2.31. The summed E-state index contributed by atoms with van der Waals surface area (Å²) in [6, 6.07) is 4.01. The molecule has 0 aromatic heterocycles. The predicted octanol–water partition coefficient (Wildman–Crippen LogP) is 0.710. The normalized spacial score (nSPS) is 10.2. The molecule has 0 aliphatic carbocycles. The number of carbonyl (C=O) groups excluding carboxylic acids is 1. The van der Waals surface area contributed by atoms with Gasteiger partial charge in [-0.2, -0.15) is 0 Å². The summed E-state index contributed by atoms with van der Waals surface area (Å²) in [5.41, 5.74) is 11.5. The lowest BCUT2D eigenvalue weighted by Gasteiger charge is -2.24. The van der Waals surface area contributed by atoms with Crippen molar-refractivity contribution in [1.82, 2.24) is 0 Å². The van der Waals surface area contributed by atoms with Crippen LogP contribution in [0.2, 0.25) is 0 Å². The third-order valence-corrected chi connectivity index (χ3v) is 2.35. The molecule has 1 amide bonds. The fraction of sp³-hybridized carbons (Fsp3) is 0.364. The Morgan fingerprint density at radius 2 is 2.19 bits per heavy atom. The highest BCUT2D eigenvalue weighted by molar-refractivity contribution is 5.98. The van der Waals surface area contributed by atoms with Crippen molar-refractivity contribution in [3.05, 3.63) is 29.6 Å². The van der Waals surface area contributed by atoms with Crippen LogP contribution in [0, 0.1) is 5.82 Å². The van der Waals surface area contributed by atoms with Crippen LogP contribution in [0.4, 0.5) is 10.1 Å². The predicted molar refractivity (Wildman–Crippen MR) is 61.9 cm³/mol. The summed E-state index contributed by atoms with van der Waals surface area (Å²) in [4.78, 5) is 13.1. The van der Waals surface area contributed by atoms with Gasteiger partial charge in [-0.3, -0.25) is 4.79 Å². The maximum atomic E-state index is 13.0. The average Bonchev–Trinajstić information content (AvgIpc) is 2.26. The third-order valence-electron chi connectivity index (χ3n) is 2.35. The number of anilines is 1. The molecule has 5 heteroatoms. The second kappa shape index (κ2) is 5.46. The molecule has 0 bridgehead atoms. The zero-order valence-electron chi connectivity index (χ0n) is 9.24. The van der Waals surface area contributed by atoms with Gasteiger partial charge < -0.3 is 16.4 Å². The van der Waals surface area contributed by atoms with Gasteiger partial charge in [0, 0.05) is 25.3 Å². The summed E-state index contributed by atoms with van der Waals surface area (Å²) in [5.74, 6) is -1.11. The first kappa shape index (κ1) is 12.4. The second-order valence-corrected chi connectivity index (χ2v) is 3.39. The minimum absolute atomic E-state index is 0.190. The highest BCUT2D eigenvalue weighted by atomic mass is 19.1. The zero-order valence-corrected chi connectivity index (χ0v) is 9.24. The SMILES string of the molecule is CCN(CCN)c1ccc(F)cc1C(N)=O. The van der Waals surface area contributed by atoms with Crippen molar-refractivity contribution in [3.63, 3.8) is 0 Å². The minimum atomic E-state index is -0.634. The molecule has 0 spiro atoms. The lowest BCUT2D eigenvalue weighted by atomic mass is 10.1. The molecular weight excluding hydrogens is 209 g/mol. The maximum absolute atomic E-state index is 13.0. The number of rotatable bonds is 5. The number of hydrogen-bond donors (Lipinski definition) is 2. The van der Waals surface area contributed by atoms with Gasteiger partial charge in [0.25, 0.3) is 5.91 Å². The van der Waals surface area contributed by atoms with E-state index in [0.717, 1.165) is 6.07 Å². The number of likely N-dealkylation sites (N-methyl/N-ethyl adjacent to an activating group) is 1. The molecule has 4 N–H and O–H groups in total. The van der Waals surface area contributed by atoms with E-state index in [1.165, 1.54) is 6.07 Å². The molecule has 4 nitrogen and oxygen atoms in total. The number of hydrogen-bond acceptors (Lipinski definition) is 3. The topological polar surface area (TPSA) is 72.3 Å². The summed E-state index contributed by atoms with van der Waals surface area (Å²) >= 11 is 0. The number of halogens is 1. The molecule has 1 rings (SSSR count). The molecule has 1 aromatic rings. The summed E-state index contributed by atoms with van der Waals surface area (Å²) in [6.45, 7) is 3.68. The highest BCUT2D eigenvalue weighted by Gasteiger charge is 2.13. The first-order valence-corrected chi connectivity index (χ1v) is 5.14. The van der Waals surface area contributed by atoms with E-state index in [4.69, 9.17) is 11.5 Å². The molecule has 0 radical (unpaired) electrons. The van der Waals surface area contributed by atoms with E-state index in [-0.39, 0.29) is 5.56 Å². The lowest BCUT2D eigenvalue weighted by molar-refractivity contribution is 0.100. The molecule has 16 heavy (non-hydrogen) atoms. The molecule has 88 valence electrons. The molecule has 0 saturated heterocycles. The van der Waals surface area contributed by atoms with Crippen molar-refractivity contribution >= 4 is 11.6 Å². The van der Waals surface area contributed by atoms with Crippen molar-refractivity contribution in [1.29, 1.82) is 0 Å². The minimum Gasteiger partial charge on any atom is -0.370 e. The van der Waals surface area contributed by atoms with Crippen LogP contribution in [0.3, 0.4) is 0 Å². The van der Waals surface area contributed by atoms with E-state index in [0.29, 0.717) is 25.3 Å². The number of amides is 1. The van der Waals surface area contributed by atoms with Crippen LogP contribution >= 0.6 is 0 Å². The Bertz CT molecular complexity index is 381. The zero-order chi connectivity index (χ0) is 12.1. The standard InChI is InChI=1S/C11H16FN3O/c1-2-15(6-5-13)10-4-3-8(12)7-9(10)11(14)16/h3-4,7H,2,5-6,13H2,1H3,(H2,14,16). The van der Waals surface area contributed by atoms with Gasteiger partial charge >= 0.3 is 0 Å². The van der Waals surface area contributed by atoms with Gasteiger partial charge in [0.1, 0.15) is 5.82 Å². The molecule has 0 unspecified atom stereocenters. The number of carbonyl (C=O) groups is 1. The van der Waals surface area contributed by atoms with Gasteiger partial charge in [-0.1, -0.05) is 0 Å². The monoisotopic (exact) mass is 225 g/mol. The Labute approximate surface area is 94.0 Å². The smallest absolute Gasteiger partial charge is 0.250 e. The summed E-state index contributed by atoms with van der Waals surface area (Å²) in [5, 5.41) is 0. The van der Waals surface area contributed by atoms with Crippen molar-refractivity contribution in [2.24, 2.45) is 11.5 Å². The van der Waals surface area contributed by atoms with Crippen LogP contribution in [0.25, 0.3) is 0 Å². The molecule has 0 atom stereocenters. The van der Waals surface area contributed by atoms with E-state index in [9.17, 15) is 9.18 Å². The van der Waals surface area contributed by atoms with E-state index in [1.807, 2.05) is 11.8 Å². The summed E-state index contributed by atoms with van der Waals surface area (Å²) in [6.07, 6.45) is 0. The molecule has 0 aliphatic heterocycles. The van der Waals surface area contributed by atoms with Crippen LogP contribution < -0.4 is 16.4 Å². The Morgan fingerprint density at radius 1 is 1.50 bits per heavy atom. The molecule has 0 saturated carbocycles. The molecule has 0 aliphatic rings. The first-order valence-electron chi connectivity index (χ1n) is 5.14. The molecule has 1 aromatic carbocycles. The summed E-state index contributed by atoms with van der Waals surface area (Å²) in [7, 11) is 0. The van der Waals surface area contributed by atoms with Crippen LogP contribution in [0.1, 0.15) is 17.3 Å². The Morgan fingerprint density at radius 3 is 2.69 bits per heavy atom. The molecule has 0 fully saturated rings. The third kappa shape index (κ3) is 2.70. The van der Waals surface area contributed by atoms with Gasteiger partial charge in [-0.25, -0.2) is 4.39 Å². The Kier molecular flexibility index (Phi) is 4.25. The van der Waals surface area contributed by atoms with Gasteiger partial charge in [-0.15, -0.1) is 0 Å². The van der Waals surface area contributed by atoms with Crippen molar-refractivity contribution in [2.45, 2.75) is 6.92 Å². The van der Waals surface area contributed by atoms with Gasteiger partial charge in [0.05, 0.1) is 5.56 Å². The maximum Gasteiger partial charge on any atom is 0.250 e. The van der Waals surface area contributed by atoms with Gasteiger partial charge in [0.2, 0.25) is 0 Å². The van der Waals surface area contributed by atoms with E-state index in [2.05, 4.69) is 0 Å². The van der Waals surface area contributed by atoms with Gasteiger partial charge in [-0.05, 0) is 25.1 Å². The van der Waals surface area contributed by atoms with Crippen LogP contribution in [-0.4, -0.2) is 25.5 Å². The second-order valence-electron chi connectivity index (χ2n) is 3.39. The van der Waals surface area contributed by atoms with E-state index < -0.39 is 11.7 Å². The number of nitrogens with two attached hydrogens (primary N) is 2. The molecule has 0 heterocycles. The Hall–Kier alpha value is -1.62. The quantitative estimate of drug-likeness (QED) is 0.775. The number of nitrogens with zero attached hydrogens (tertiary/aromatic N) is 1. The summed E-state index contributed by atoms with van der Waals surface area (Å²) < 4.78 is 13.0. The largest absolute Gasteiger partial charge is 0.370 e. The van der Waals surface area contributed by atoms with Crippen LogP contribution in [0.5, 0.6) is 0 Å². The number of benzene rings is 1. The van der Waals surface area contributed by atoms with E-state index in [1.54, 1.807) is 6.07 Å². The average molecular weight is 225 g/mol. The number of primary amides is 1. The Balaban J connectivity index is 3.14. The van der Waals surface area contributed by atoms with E-state index >= 15 is 0 Å². The fourth-order valence-corrected chi connectivity index (χ4v) is 1.59. The van der Waals surface area contributed by atoms with Crippen molar-refractivity contribution in [2.75, 3.05) is 24.5 Å². The first-order chi connectivity index (χ1) is 7.60. The van der Waals surface area contributed by atoms with Crippen molar-refractivity contribution in [3.8, 4) is 0 Å². The highest BCUT2D eigenvalue weighted by Crippen LogP contribution is 2.20. The van der Waals surface area contributed by atoms with Gasteiger partial charge in [0.15, 0.2) is 0 Å². The van der Waals surface area contributed by atoms with Crippen molar-refractivity contribution < 1.29 is 9.18 Å². The van der Waals surface area contributed by atoms with Crippen LogP contribution in [0.15, 0.2) is 18.2 Å². The molecular formula is C11H16FN3O.